The van der Waals surface area contributed by atoms with Crippen molar-refractivity contribution in [1.29, 1.82) is 5.26 Å². The summed E-state index contributed by atoms with van der Waals surface area (Å²) >= 11 is 1.77. The average Bonchev–Trinajstić information content (AvgIpc) is 2.55. The van der Waals surface area contributed by atoms with Crippen LogP contribution >= 0.6 is 11.8 Å². The fourth-order valence-electron chi connectivity index (χ4n) is 1.87. The van der Waals surface area contributed by atoms with Crippen LogP contribution in [0.15, 0.2) is 48.5 Å². The monoisotopic (exact) mass is 297 g/mol. The summed E-state index contributed by atoms with van der Waals surface area (Å²) in [6.07, 6.45) is 0. The van der Waals surface area contributed by atoms with Crippen LogP contribution in [0.1, 0.15) is 27.0 Å². The van der Waals surface area contributed by atoms with Gasteiger partial charge in [0.25, 0.3) is 0 Å². The van der Waals surface area contributed by atoms with Gasteiger partial charge in [0.2, 0.25) is 0 Å². The summed E-state index contributed by atoms with van der Waals surface area (Å²) in [4.78, 5) is 11.3. The van der Waals surface area contributed by atoms with E-state index in [1.165, 1.54) is 7.11 Å². The number of thioether (sulfide) groups is 1. The van der Waals surface area contributed by atoms with Gasteiger partial charge in [-0.1, -0.05) is 24.3 Å². The van der Waals surface area contributed by atoms with Crippen molar-refractivity contribution in [2.45, 2.75) is 11.5 Å². The molecule has 0 N–H and O–H groups in total. The molecule has 2 aromatic carbocycles. The highest BCUT2D eigenvalue weighted by Crippen LogP contribution is 2.19. The molecule has 2 aromatic rings. The van der Waals surface area contributed by atoms with Crippen LogP contribution in [0.5, 0.6) is 0 Å². The Bertz CT molecular complexity index is 659. The first-order chi connectivity index (χ1) is 10.2. The first-order valence-corrected chi connectivity index (χ1v) is 7.62. The number of benzene rings is 2. The third kappa shape index (κ3) is 4.37. The maximum Gasteiger partial charge on any atom is 0.337 e. The quantitative estimate of drug-likeness (QED) is 0.788. The number of carbonyl (C=O) groups excluding carboxylic acids is 1. The SMILES string of the molecule is COC(=O)c1ccc(CSCc2cccc(C#N)c2)cc1. The van der Waals surface area contributed by atoms with Gasteiger partial charge in [-0.05, 0) is 35.4 Å². The molecule has 0 radical (unpaired) electrons. The molecule has 0 aromatic heterocycles. The predicted molar refractivity (Wildman–Crippen MR) is 83.9 cm³/mol. The molecule has 0 saturated heterocycles. The number of hydrogen-bond donors (Lipinski definition) is 0. The van der Waals surface area contributed by atoms with E-state index in [-0.39, 0.29) is 5.97 Å². The van der Waals surface area contributed by atoms with E-state index in [1.807, 2.05) is 30.3 Å². The highest BCUT2D eigenvalue weighted by molar-refractivity contribution is 7.97. The number of ether oxygens (including phenoxy) is 1. The van der Waals surface area contributed by atoms with E-state index < -0.39 is 0 Å². The van der Waals surface area contributed by atoms with Crippen LogP contribution in [0, 0.1) is 11.3 Å². The Labute approximate surface area is 128 Å². The van der Waals surface area contributed by atoms with Crippen LogP contribution < -0.4 is 0 Å². The zero-order chi connectivity index (χ0) is 15.1. The van der Waals surface area contributed by atoms with Gasteiger partial charge in [0, 0.05) is 11.5 Å². The number of esters is 1. The molecule has 3 nitrogen and oxygen atoms in total. The molecule has 0 atom stereocenters. The van der Waals surface area contributed by atoms with Gasteiger partial charge in [-0.15, -0.1) is 0 Å². The largest absolute Gasteiger partial charge is 0.465 e. The van der Waals surface area contributed by atoms with E-state index in [0.717, 1.165) is 22.6 Å². The minimum absolute atomic E-state index is 0.317. The summed E-state index contributed by atoms with van der Waals surface area (Å²) in [7, 11) is 1.38. The second-order valence-electron chi connectivity index (χ2n) is 4.49. The maximum absolute atomic E-state index is 11.3. The Morgan fingerprint density at radius 1 is 1.14 bits per heavy atom. The van der Waals surface area contributed by atoms with Crippen LogP contribution in [-0.4, -0.2) is 13.1 Å². The zero-order valence-corrected chi connectivity index (χ0v) is 12.5. The fraction of sp³-hybridized carbons (Fsp3) is 0.176. The van der Waals surface area contributed by atoms with Gasteiger partial charge in [0.1, 0.15) is 0 Å². The molecule has 21 heavy (non-hydrogen) atoms. The molecule has 4 heteroatoms. The molecule has 2 rings (SSSR count). The highest BCUT2D eigenvalue weighted by atomic mass is 32.2. The van der Waals surface area contributed by atoms with E-state index in [0.29, 0.717) is 11.1 Å². The average molecular weight is 297 g/mol. The number of carbonyl (C=O) groups is 1. The molecule has 0 aliphatic rings. The van der Waals surface area contributed by atoms with Crippen molar-refractivity contribution >= 4 is 17.7 Å². The highest BCUT2D eigenvalue weighted by Gasteiger charge is 2.04. The summed E-state index contributed by atoms with van der Waals surface area (Å²) in [5, 5.41) is 8.86. The number of nitrogens with zero attached hydrogens (tertiary/aromatic N) is 1. The van der Waals surface area contributed by atoms with Gasteiger partial charge in [-0.2, -0.15) is 17.0 Å². The summed E-state index contributed by atoms with van der Waals surface area (Å²) in [5.41, 5.74) is 3.55. The van der Waals surface area contributed by atoms with Crippen molar-refractivity contribution in [3.05, 3.63) is 70.8 Å². The Morgan fingerprint density at radius 3 is 2.52 bits per heavy atom. The normalized spacial score (nSPS) is 9.90. The molecule has 0 aliphatic carbocycles. The second-order valence-corrected chi connectivity index (χ2v) is 5.48. The molecular weight excluding hydrogens is 282 g/mol. The Balaban J connectivity index is 1.88. The van der Waals surface area contributed by atoms with Crippen molar-refractivity contribution in [2.75, 3.05) is 7.11 Å². The van der Waals surface area contributed by atoms with Gasteiger partial charge >= 0.3 is 5.97 Å². The third-order valence-corrected chi connectivity index (χ3v) is 4.04. The smallest absolute Gasteiger partial charge is 0.337 e. The minimum atomic E-state index is -0.317. The van der Waals surface area contributed by atoms with Crippen LogP contribution in [-0.2, 0) is 16.2 Å². The van der Waals surface area contributed by atoms with Gasteiger partial charge in [-0.25, -0.2) is 4.79 Å². The fourth-order valence-corrected chi connectivity index (χ4v) is 2.82. The number of nitriles is 1. The minimum Gasteiger partial charge on any atom is -0.465 e. The van der Waals surface area contributed by atoms with Crippen molar-refractivity contribution in [3.8, 4) is 6.07 Å². The summed E-state index contributed by atoms with van der Waals surface area (Å²) in [6, 6.07) is 17.2. The van der Waals surface area contributed by atoms with Crippen molar-refractivity contribution in [2.24, 2.45) is 0 Å². The van der Waals surface area contributed by atoms with Crippen LogP contribution in [0.4, 0.5) is 0 Å². The third-order valence-electron chi connectivity index (χ3n) is 2.97. The predicted octanol–water partition coefficient (Wildman–Crippen LogP) is 3.78. The molecular formula is C17H15NO2S. The lowest BCUT2D eigenvalue weighted by molar-refractivity contribution is 0.0600. The van der Waals surface area contributed by atoms with Crippen LogP contribution in [0.3, 0.4) is 0 Å². The van der Waals surface area contributed by atoms with Crippen molar-refractivity contribution < 1.29 is 9.53 Å². The zero-order valence-electron chi connectivity index (χ0n) is 11.7. The summed E-state index contributed by atoms with van der Waals surface area (Å²) in [6.45, 7) is 0. The molecule has 0 heterocycles. The standard InChI is InChI=1S/C17H15NO2S/c1-20-17(19)16-7-5-13(6-8-16)11-21-12-15-4-2-3-14(9-15)10-18/h2-9H,11-12H2,1H3. The van der Waals surface area contributed by atoms with E-state index in [4.69, 9.17) is 5.26 Å². The molecule has 0 spiro atoms. The molecule has 0 amide bonds. The van der Waals surface area contributed by atoms with Crippen molar-refractivity contribution in [3.63, 3.8) is 0 Å². The Kier molecular flexibility index (Phi) is 5.42. The lowest BCUT2D eigenvalue weighted by Crippen LogP contribution is -2.00. The molecule has 0 saturated carbocycles. The van der Waals surface area contributed by atoms with Crippen molar-refractivity contribution in [1.82, 2.24) is 0 Å². The molecule has 0 aliphatic heterocycles. The van der Waals surface area contributed by atoms with E-state index in [9.17, 15) is 4.79 Å². The van der Waals surface area contributed by atoms with Gasteiger partial charge in [0.15, 0.2) is 0 Å². The van der Waals surface area contributed by atoms with E-state index in [2.05, 4.69) is 10.8 Å². The van der Waals surface area contributed by atoms with E-state index in [1.54, 1.807) is 30.0 Å². The van der Waals surface area contributed by atoms with Crippen LogP contribution in [0.2, 0.25) is 0 Å². The van der Waals surface area contributed by atoms with Gasteiger partial charge in [0.05, 0.1) is 24.3 Å². The topological polar surface area (TPSA) is 50.1 Å². The number of rotatable bonds is 5. The maximum atomic E-state index is 11.3. The first-order valence-electron chi connectivity index (χ1n) is 6.47. The van der Waals surface area contributed by atoms with E-state index >= 15 is 0 Å². The molecule has 106 valence electrons. The number of hydrogen-bond acceptors (Lipinski definition) is 4. The Morgan fingerprint density at radius 2 is 1.86 bits per heavy atom. The molecule has 0 bridgehead atoms. The number of methoxy groups -OCH3 is 1. The Hall–Kier alpha value is -2.25. The first kappa shape index (κ1) is 15.1. The molecule has 0 unspecified atom stereocenters. The molecule has 0 fully saturated rings. The van der Waals surface area contributed by atoms with Gasteiger partial charge < -0.3 is 4.74 Å². The summed E-state index contributed by atoms with van der Waals surface area (Å²) in [5.74, 6) is 1.40. The van der Waals surface area contributed by atoms with Gasteiger partial charge in [-0.3, -0.25) is 0 Å². The summed E-state index contributed by atoms with van der Waals surface area (Å²) < 4.78 is 4.67. The lowest BCUT2D eigenvalue weighted by atomic mass is 10.1. The second kappa shape index (κ2) is 7.51. The lowest BCUT2D eigenvalue weighted by Gasteiger charge is -2.04. The van der Waals surface area contributed by atoms with Crippen LogP contribution in [0.25, 0.3) is 0 Å².